The van der Waals surface area contributed by atoms with E-state index in [0.717, 1.165) is 5.39 Å². The van der Waals surface area contributed by atoms with Gasteiger partial charge < -0.3 is 10.4 Å². The van der Waals surface area contributed by atoms with Crippen molar-refractivity contribution in [2.24, 2.45) is 0 Å². The first-order valence-electron chi connectivity index (χ1n) is 7.95. The zero-order chi connectivity index (χ0) is 18.5. The summed E-state index contributed by atoms with van der Waals surface area (Å²) in [5.41, 5.74) is 2.03. The summed E-state index contributed by atoms with van der Waals surface area (Å²) in [6.07, 6.45) is 0.111. The van der Waals surface area contributed by atoms with Crippen LogP contribution in [0.1, 0.15) is 21.6 Å². The van der Waals surface area contributed by atoms with Crippen LogP contribution in [-0.4, -0.2) is 28.0 Å². The normalized spacial score (nSPS) is 11.5. The van der Waals surface area contributed by atoms with Crippen LogP contribution >= 0.6 is 0 Å². The summed E-state index contributed by atoms with van der Waals surface area (Å²) in [6.45, 7) is 0. The van der Waals surface area contributed by atoms with E-state index in [0.29, 0.717) is 16.6 Å². The maximum Gasteiger partial charge on any atom is 0.326 e. The Kier molecular flexibility index (Phi) is 4.90. The average molecular weight is 345 g/mol. The third-order valence-electron chi connectivity index (χ3n) is 3.96. The number of benzene rings is 2. The second kappa shape index (κ2) is 7.45. The van der Waals surface area contributed by atoms with Crippen LogP contribution in [0.2, 0.25) is 0 Å². The molecule has 2 aromatic carbocycles. The second-order valence-corrected chi connectivity index (χ2v) is 5.77. The van der Waals surface area contributed by atoms with Crippen LogP contribution in [-0.2, 0) is 11.2 Å². The van der Waals surface area contributed by atoms with E-state index in [1.165, 1.54) is 0 Å². The van der Waals surface area contributed by atoms with Gasteiger partial charge in [0.1, 0.15) is 11.7 Å². The van der Waals surface area contributed by atoms with E-state index >= 15 is 0 Å². The number of carbonyl (C=O) groups is 2. The van der Waals surface area contributed by atoms with Crippen LogP contribution < -0.4 is 5.32 Å². The first kappa shape index (κ1) is 17.1. The third kappa shape index (κ3) is 3.84. The van der Waals surface area contributed by atoms with E-state index in [1.54, 1.807) is 42.5 Å². The van der Waals surface area contributed by atoms with Crippen molar-refractivity contribution in [2.75, 3.05) is 0 Å². The summed E-state index contributed by atoms with van der Waals surface area (Å²) >= 11 is 0. The van der Waals surface area contributed by atoms with Crippen LogP contribution in [0.3, 0.4) is 0 Å². The second-order valence-electron chi connectivity index (χ2n) is 5.77. The number of rotatable bonds is 5. The number of nitriles is 1. The Morgan fingerprint density at radius 2 is 1.81 bits per heavy atom. The molecule has 0 spiro atoms. The number of carboxylic acid groups (broad SMARTS) is 1. The van der Waals surface area contributed by atoms with Crippen molar-refractivity contribution in [3.8, 4) is 6.07 Å². The molecular formula is C20H15N3O3. The zero-order valence-electron chi connectivity index (χ0n) is 13.7. The monoisotopic (exact) mass is 345 g/mol. The summed E-state index contributed by atoms with van der Waals surface area (Å²) in [5.74, 6) is -1.68. The maximum atomic E-state index is 12.4. The predicted octanol–water partition coefficient (Wildman–Crippen LogP) is 2.53. The third-order valence-corrected chi connectivity index (χ3v) is 3.96. The van der Waals surface area contributed by atoms with Gasteiger partial charge in [-0.15, -0.1) is 0 Å². The molecule has 2 N–H and O–H groups in total. The van der Waals surface area contributed by atoms with Crippen molar-refractivity contribution >= 4 is 22.8 Å². The molecule has 0 saturated carbocycles. The number of fused-ring (bicyclic) bond motifs is 1. The van der Waals surface area contributed by atoms with Crippen molar-refractivity contribution in [3.63, 3.8) is 0 Å². The fraction of sp³-hybridized carbons (Fsp3) is 0.100. The molecule has 0 saturated heterocycles. The lowest BCUT2D eigenvalue weighted by atomic mass is 10.0. The van der Waals surface area contributed by atoms with Gasteiger partial charge in [0.15, 0.2) is 0 Å². The molecule has 26 heavy (non-hydrogen) atoms. The molecule has 0 bridgehead atoms. The average Bonchev–Trinajstić information content (AvgIpc) is 2.67. The molecule has 0 fully saturated rings. The molecule has 128 valence electrons. The molecule has 3 aromatic rings. The summed E-state index contributed by atoms with van der Waals surface area (Å²) in [5, 5.41) is 21.6. The summed E-state index contributed by atoms with van der Waals surface area (Å²) < 4.78 is 0. The summed E-state index contributed by atoms with van der Waals surface area (Å²) in [4.78, 5) is 28.2. The minimum absolute atomic E-state index is 0.111. The van der Waals surface area contributed by atoms with Gasteiger partial charge in [-0.05, 0) is 29.8 Å². The molecule has 0 unspecified atom stereocenters. The topological polar surface area (TPSA) is 103 Å². The number of pyridine rings is 1. The Morgan fingerprint density at radius 1 is 1.08 bits per heavy atom. The zero-order valence-corrected chi connectivity index (χ0v) is 13.7. The van der Waals surface area contributed by atoms with E-state index in [4.69, 9.17) is 5.26 Å². The molecule has 0 aliphatic rings. The number of nitrogens with one attached hydrogen (secondary N) is 1. The molecule has 0 aliphatic heterocycles. The fourth-order valence-corrected chi connectivity index (χ4v) is 2.58. The standard InChI is InChI=1S/C20H15N3O3/c21-12-14-7-5-13(6-8-14)11-18(20(25)26)23-19(24)17-10-9-15-3-1-2-4-16(15)22-17/h1-10,18H,11H2,(H,23,24)(H,25,26)/t18-/m0/s1. The smallest absolute Gasteiger partial charge is 0.326 e. The summed E-state index contributed by atoms with van der Waals surface area (Å²) in [6, 6.07) is 18.2. The Morgan fingerprint density at radius 3 is 2.50 bits per heavy atom. The number of para-hydroxylation sites is 1. The number of carboxylic acids is 1. The van der Waals surface area contributed by atoms with Gasteiger partial charge in [-0.1, -0.05) is 36.4 Å². The number of hydrogen-bond donors (Lipinski definition) is 2. The van der Waals surface area contributed by atoms with Crippen LogP contribution in [0, 0.1) is 11.3 Å². The molecule has 1 atom stereocenters. The van der Waals surface area contributed by atoms with Crippen LogP contribution in [0.25, 0.3) is 10.9 Å². The van der Waals surface area contributed by atoms with Crippen LogP contribution in [0.4, 0.5) is 0 Å². The summed E-state index contributed by atoms with van der Waals surface area (Å²) in [7, 11) is 0. The predicted molar refractivity (Wildman–Crippen MR) is 95.5 cm³/mol. The molecule has 0 radical (unpaired) electrons. The van der Waals surface area contributed by atoms with E-state index in [-0.39, 0.29) is 12.1 Å². The molecule has 6 nitrogen and oxygen atoms in total. The van der Waals surface area contributed by atoms with Gasteiger partial charge in [-0.25, -0.2) is 9.78 Å². The molecule has 1 heterocycles. The molecule has 1 aromatic heterocycles. The molecule has 0 aliphatic carbocycles. The Hall–Kier alpha value is -3.72. The largest absolute Gasteiger partial charge is 0.480 e. The Balaban J connectivity index is 1.76. The lowest BCUT2D eigenvalue weighted by Crippen LogP contribution is -2.42. The van der Waals surface area contributed by atoms with E-state index < -0.39 is 17.9 Å². The molecular weight excluding hydrogens is 330 g/mol. The van der Waals surface area contributed by atoms with Gasteiger partial charge in [0.2, 0.25) is 0 Å². The van der Waals surface area contributed by atoms with Crippen molar-refractivity contribution < 1.29 is 14.7 Å². The van der Waals surface area contributed by atoms with Gasteiger partial charge in [0.05, 0.1) is 17.1 Å². The first-order valence-corrected chi connectivity index (χ1v) is 7.95. The van der Waals surface area contributed by atoms with Gasteiger partial charge in [0.25, 0.3) is 5.91 Å². The van der Waals surface area contributed by atoms with Gasteiger partial charge >= 0.3 is 5.97 Å². The Bertz CT molecular complexity index is 1010. The van der Waals surface area contributed by atoms with Crippen molar-refractivity contribution in [3.05, 3.63) is 77.5 Å². The highest BCUT2D eigenvalue weighted by Gasteiger charge is 2.22. The van der Waals surface area contributed by atoms with Gasteiger partial charge in [-0.2, -0.15) is 5.26 Å². The highest BCUT2D eigenvalue weighted by atomic mass is 16.4. The van der Waals surface area contributed by atoms with E-state index in [2.05, 4.69) is 10.3 Å². The molecule has 1 amide bonds. The molecule has 3 rings (SSSR count). The fourth-order valence-electron chi connectivity index (χ4n) is 2.58. The number of amides is 1. The quantitative estimate of drug-likeness (QED) is 0.739. The number of aromatic nitrogens is 1. The minimum Gasteiger partial charge on any atom is -0.480 e. The number of nitrogens with zero attached hydrogens (tertiary/aromatic N) is 2. The minimum atomic E-state index is -1.14. The maximum absolute atomic E-state index is 12.4. The van der Waals surface area contributed by atoms with Crippen molar-refractivity contribution in [2.45, 2.75) is 12.5 Å². The van der Waals surface area contributed by atoms with Crippen molar-refractivity contribution in [1.82, 2.24) is 10.3 Å². The van der Waals surface area contributed by atoms with Crippen LogP contribution in [0.15, 0.2) is 60.7 Å². The number of hydrogen-bond acceptors (Lipinski definition) is 4. The first-order chi connectivity index (χ1) is 12.6. The van der Waals surface area contributed by atoms with E-state index in [9.17, 15) is 14.7 Å². The van der Waals surface area contributed by atoms with Gasteiger partial charge in [0, 0.05) is 11.8 Å². The number of carbonyl (C=O) groups excluding carboxylic acids is 1. The van der Waals surface area contributed by atoms with Crippen molar-refractivity contribution in [1.29, 1.82) is 5.26 Å². The lowest BCUT2D eigenvalue weighted by molar-refractivity contribution is -0.139. The SMILES string of the molecule is N#Cc1ccc(C[C@H](NC(=O)c2ccc3ccccc3n2)C(=O)O)cc1. The Labute approximate surface area is 149 Å². The van der Waals surface area contributed by atoms with Gasteiger partial charge in [-0.3, -0.25) is 4.79 Å². The highest BCUT2D eigenvalue weighted by Crippen LogP contribution is 2.12. The van der Waals surface area contributed by atoms with E-state index in [1.807, 2.05) is 24.3 Å². The van der Waals surface area contributed by atoms with Crippen LogP contribution in [0.5, 0.6) is 0 Å². The lowest BCUT2D eigenvalue weighted by Gasteiger charge is -2.14. The number of aliphatic carboxylic acids is 1. The highest BCUT2D eigenvalue weighted by molar-refractivity contribution is 5.97. The molecule has 6 heteroatoms.